The van der Waals surface area contributed by atoms with Crippen LogP contribution >= 0.6 is 0 Å². The summed E-state index contributed by atoms with van der Waals surface area (Å²) >= 11 is 0. The van der Waals surface area contributed by atoms with E-state index in [2.05, 4.69) is 31.0 Å². The first-order chi connectivity index (χ1) is 8.70. The smallest absolute Gasteiger partial charge is 0.0465 e. The number of hydrogen-bond acceptors (Lipinski definition) is 2. The zero-order valence-corrected chi connectivity index (χ0v) is 12.0. The van der Waals surface area contributed by atoms with E-state index in [4.69, 9.17) is 4.74 Å². The molecule has 0 saturated heterocycles. The lowest BCUT2D eigenvalue weighted by molar-refractivity contribution is 0.195. The Hall–Kier alpha value is -0.860. The van der Waals surface area contributed by atoms with Gasteiger partial charge in [0.2, 0.25) is 0 Å². The average molecular weight is 247 g/mol. The van der Waals surface area contributed by atoms with Crippen molar-refractivity contribution in [2.45, 2.75) is 32.6 Å². The number of rotatable bonds is 4. The lowest BCUT2D eigenvalue weighted by Gasteiger charge is -2.12. The van der Waals surface area contributed by atoms with Gasteiger partial charge in [-0.3, -0.25) is 0 Å². The minimum absolute atomic E-state index is 0.860. The number of nitrogens with zero attached hydrogens (tertiary/aromatic N) is 1. The highest BCUT2D eigenvalue weighted by Gasteiger charge is 2.13. The van der Waals surface area contributed by atoms with Crippen LogP contribution < -0.4 is 0 Å². The third-order valence-electron chi connectivity index (χ3n) is 3.98. The summed E-state index contributed by atoms with van der Waals surface area (Å²) in [6.45, 7) is 5.49. The van der Waals surface area contributed by atoms with Crippen LogP contribution in [0.3, 0.4) is 0 Å². The molecule has 0 aliphatic carbocycles. The maximum atomic E-state index is 5.14. The fourth-order valence-corrected chi connectivity index (χ4v) is 2.74. The summed E-state index contributed by atoms with van der Waals surface area (Å²) in [6, 6.07) is 4.86. The second-order valence-corrected chi connectivity index (χ2v) is 5.45. The number of likely N-dealkylation sites (N-methyl/N-ethyl adjacent to an activating group) is 1. The van der Waals surface area contributed by atoms with Crippen LogP contribution in [0.25, 0.3) is 0 Å². The van der Waals surface area contributed by atoms with Crippen molar-refractivity contribution >= 4 is 0 Å². The highest BCUT2D eigenvalue weighted by Crippen LogP contribution is 2.21. The van der Waals surface area contributed by atoms with Crippen molar-refractivity contribution in [1.82, 2.24) is 4.90 Å². The van der Waals surface area contributed by atoms with Crippen molar-refractivity contribution < 1.29 is 4.74 Å². The van der Waals surface area contributed by atoms with E-state index in [1.54, 1.807) is 18.2 Å². The van der Waals surface area contributed by atoms with Gasteiger partial charge in [0.1, 0.15) is 0 Å². The molecule has 0 fully saturated rings. The van der Waals surface area contributed by atoms with Gasteiger partial charge in [-0.05, 0) is 61.9 Å². The van der Waals surface area contributed by atoms with Gasteiger partial charge < -0.3 is 9.64 Å². The summed E-state index contributed by atoms with van der Waals surface area (Å²) < 4.78 is 5.14. The van der Waals surface area contributed by atoms with E-state index in [9.17, 15) is 0 Å². The summed E-state index contributed by atoms with van der Waals surface area (Å²) in [5.74, 6) is 0. The fraction of sp³-hybridized carbons (Fsp3) is 0.625. The largest absolute Gasteiger partial charge is 0.385 e. The Morgan fingerprint density at radius 3 is 2.50 bits per heavy atom. The van der Waals surface area contributed by atoms with Crippen LogP contribution in [0.15, 0.2) is 12.1 Å². The van der Waals surface area contributed by atoms with E-state index in [1.807, 2.05) is 0 Å². The predicted molar refractivity (Wildman–Crippen MR) is 76.3 cm³/mol. The fourth-order valence-electron chi connectivity index (χ4n) is 2.74. The molecule has 0 saturated carbocycles. The Morgan fingerprint density at radius 2 is 1.83 bits per heavy atom. The molecular weight excluding hydrogens is 222 g/mol. The molecular formula is C16H25NO. The molecule has 2 heteroatoms. The van der Waals surface area contributed by atoms with Crippen LogP contribution in [0, 0.1) is 6.92 Å². The summed E-state index contributed by atoms with van der Waals surface area (Å²) in [5.41, 5.74) is 6.09. The Kier molecular flexibility index (Phi) is 4.79. The first-order valence-electron chi connectivity index (χ1n) is 6.99. The monoisotopic (exact) mass is 247 g/mol. The van der Waals surface area contributed by atoms with Crippen molar-refractivity contribution in [1.29, 1.82) is 0 Å². The Bertz CT molecular complexity index is 400. The van der Waals surface area contributed by atoms with E-state index < -0.39 is 0 Å². The topological polar surface area (TPSA) is 12.5 Å². The molecule has 1 aliphatic heterocycles. The maximum absolute atomic E-state index is 5.14. The Labute approximate surface area is 111 Å². The molecule has 0 radical (unpaired) electrons. The molecule has 1 aliphatic rings. The van der Waals surface area contributed by atoms with E-state index >= 15 is 0 Å². The van der Waals surface area contributed by atoms with Crippen molar-refractivity contribution in [3.63, 3.8) is 0 Å². The first-order valence-corrected chi connectivity index (χ1v) is 6.99. The first kappa shape index (κ1) is 13.6. The maximum Gasteiger partial charge on any atom is 0.0465 e. The van der Waals surface area contributed by atoms with Gasteiger partial charge in [-0.1, -0.05) is 12.1 Å². The minimum atomic E-state index is 0.860. The number of hydrogen-bond donors (Lipinski definition) is 0. The summed E-state index contributed by atoms with van der Waals surface area (Å²) in [5, 5.41) is 0. The van der Waals surface area contributed by atoms with E-state index in [-0.39, 0.29) is 0 Å². The molecule has 2 rings (SSSR count). The van der Waals surface area contributed by atoms with Crippen LogP contribution in [0.5, 0.6) is 0 Å². The third-order valence-corrected chi connectivity index (χ3v) is 3.98. The lowest BCUT2D eigenvalue weighted by Crippen LogP contribution is -2.20. The standard InChI is InChI=1S/C16H25NO/c1-13-11-15-6-8-17(2)9-7-16(15)12-14(13)5-4-10-18-3/h11-12H,4-10H2,1-3H3. The van der Waals surface area contributed by atoms with Gasteiger partial charge in [-0.25, -0.2) is 0 Å². The number of benzene rings is 1. The molecule has 0 spiro atoms. The quantitative estimate of drug-likeness (QED) is 0.758. The molecule has 18 heavy (non-hydrogen) atoms. The van der Waals surface area contributed by atoms with Gasteiger partial charge in [0.25, 0.3) is 0 Å². The molecule has 1 aromatic carbocycles. The number of ether oxygens (including phenoxy) is 1. The van der Waals surface area contributed by atoms with Gasteiger partial charge in [0, 0.05) is 26.8 Å². The van der Waals surface area contributed by atoms with Crippen LogP contribution in [-0.4, -0.2) is 38.8 Å². The molecule has 0 N–H and O–H groups in total. The third kappa shape index (κ3) is 3.33. The van der Waals surface area contributed by atoms with E-state index in [0.29, 0.717) is 0 Å². The van der Waals surface area contributed by atoms with Crippen molar-refractivity contribution in [2.24, 2.45) is 0 Å². The molecule has 1 aromatic rings. The van der Waals surface area contributed by atoms with Gasteiger partial charge >= 0.3 is 0 Å². The second kappa shape index (κ2) is 6.35. The normalized spacial score (nSPS) is 16.4. The molecule has 0 aromatic heterocycles. The zero-order chi connectivity index (χ0) is 13.0. The highest BCUT2D eigenvalue weighted by molar-refractivity contribution is 5.39. The second-order valence-electron chi connectivity index (χ2n) is 5.45. The van der Waals surface area contributed by atoms with Crippen molar-refractivity contribution in [3.8, 4) is 0 Å². The Morgan fingerprint density at radius 1 is 1.17 bits per heavy atom. The number of fused-ring (bicyclic) bond motifs is 1. The number of aryl methyl sites for hydroxylation is 2. The van der Waals surface area contributed by atoms with Gasteiger partial charge in [0.05, 0.1) is 0 Å². The summed E-state index contributed by atoms with van der Waals surface area (Å²) in [4.78, 5) is 2.43. The molecule has 0 amide bonds. The SMILES string of the molecule is COCCCc1cc2c(cc1C)CCN(C)CC2. The predicted octanol–water partition coefficient (Wildman–Crippen LogP) is 2.60. The van der Waals surface area contributed by atoms with E-state index in [1.165, 1.54) is 37.1 Å². The molecule has 0 bridgehead atoms. The average Bonchev–Trinajstić information content (AvgIpc) is 2.53. The van der Waals surface area contributed by atoms with Crippen LogP contribution in [0.2, 0.25) is 0 Å². The van der Waals surface area contributed by atoms with Crippen LogP contribution in [0.1, 0.15) is 28.7 Å². The van der Waals surface area contributed by atoms with Crippen molar-refractivity contribution in [3.05, 3.63) is 34.4 Å². The summed E-state index contributed by atoms with van der Waals surface area (Å²) in [7, 11) is 4.00. The Balaban J connectivity index is 2.14. The van der Waals surface area contributed by atoms with Gasteiger partial charge in [-0.15, -0.1) is 0 Å². The minimum Gasteiger partial charge on any atom is -0.385 e. The molecule has 0 unspecified atom stereocenters. The molecule has 100 valence electrons. The van der Waals surface area contributed by atoms with E-state index in [0.717, 1.165) is 19.4 Å². The highest BCUT2D eigenvalue weighted by atomic mass is 16.5. The van der Waals surface area contributed by atoms with Crippen molar-refractivity contribution in [2.75, 3.05) is 33.9 Å². The summed E-state index contributed by atoms with van der Waals surface area (Å²) in [6.07, 6.45) is 4.66. The lowest BCUT2D eigenvalue weighted by atomic mass is 9.94. The zero-order valence-electron chi connectivity index (χ0n) is 12.0. The molecule has 2 nitrogen and oxygen atoms in total. The van der Waals surface area contributed by atoms with Crippen LogP contribution in [0.4, 0.5) is 0 Å². The van der Waals surface area contributed by atoms with Gasteiger partial charge in [0.15, 0.2) is 0 Å². The van der Waals surface area contributed by atoms with Crippen LogP contribution in [-0.2, 0) is 24.0 Å². The molecule has 0 atom stereocenters. The number of methoxy groups -OCH3 is 1. The van der Waals surface area contributed by atoms with Gasteiger partial charge in [-0.2, -0.15) is 0 Å². The molecule has 1 heterocycles.